The van der Waals surface area contributed by atoms with E-state index in [1.165, 1.54) is 0 Å². The van der Waals surface area contributed by atoms with Crippen LogP contribution < -0.4 is 4.74 Å². The number of carbonyl (C=O) groups is 2. The third-order valence-electron chi connectivity index (χ3n) is 6.81. The van der Waals surface area contributed by atoms with Crippen LogP contribution >= 0.6 is 11.6 Å². The molecule has 4 rings (SSSR count). The maximum Gasteiger partial charge on any atom is 0.254 e. The molecule has 41 heavy (non-hydrogen) atoms. The zero-order chi connectivity index (χ0) is 29.0. The third kappa shape index (κ3) is 8.71. The summed E-state index contributed by atoms with van der Waals surface area (Å²) in [5.74, 6) is 0.450. The van der Waals surface area contributed by atoms with Gasteiger partial charge in [-0.25, -0.2) is 0 Å². The normalized spacial score (nSPS) is 10.8. The highest BCUT2D eigenvalue weighted by Crippen LogP contribution is 2.18. The first kappa shape index (κ1) is 29.9. The molecule has 0 radical (unpaired) electrons. The highest BCUT2D eigenvalue weighted by molar-refractivity contribution is 6.30. The molecule has 0 saturated heterocycles. The van der Waals surface area contributed by atoms with Gasteiger partial charge in [-0.15, -0.1) is 0 Å². The van der Waals surface area contributed by atoms with Gasteiger partial charge in [0, 0.05) is 55.8 Å². The van der Waals surface area contributed by atoms with Gasteiger partial charge in [0.05, 0.1) is 13.7 Å². The number of ether oxygens (including phenoxy) is 2. The highest BCUT2D eigenvalue weighted by atomic mass is 35.5. The highest BCUT2D eigenvalue weighted by Gasteiger charge is 2.23. The minimum absolute atomic E-state index is 0.0470. The van der Waals surface area contributed by atoms with Crippen molar-refractivity contribution in [2.75, 3.05) is 33.9 Å². The zero-order valence-electron chi connectivity index (χ0n) is 23.5. The summed E-state index contributed by atoms with van der Waals surface area (Å²) in [5.41, 5.74) is 3.59. The molecule has 1 heterocycles. The van der Waals surface area contributed by atoms with Crippen molar-refractivity contribution in [1.82, 2.24) is 14.4 Å². The standard InChI is InChI=1S/C33H36ClN3O4/c1-40-20-8-19-36(33(39)28-14-16-29(34)17-15-28)25-32(38)37(22-26-9-4-3-5-10-26)24-30-12-7-18-35(30)23-27-11-6-13-31(21-27)41-2/h3-7,9-18,21H,8,19-20,22-25H2,1-2H3. The van der Waals surface area contributed by atoms with Crippen LogP contribution in [0.15, 0.2) is 97.2 Å². The molecule has 0 aliphatic heterocycles. The molecular weight excluding hydrogens is 538 g/mol. The van der Waals surface area contributed by atoms with E-state index in [2.05, 4.69) is 10.6 Å². The van der Waals surface area contributed by atoms with E-state index in [1.54, 1.807) is 43.4 Å². The van der Waals surface area contributed by atoms with Crippen molar-refractivity contribution in [2.45, 2.75) is 26.1 Å². The SMILES string of the molecule is COCCCN(CC(=O)N(Cc1ccccc1)Cc1cccn1Cc1cccc(OC)c1)C(=O)c1ccc(Cl)cc1. The lowest BCUT2D eigenvalue weighted by Crippen LogP contribution is -2.43. The van der Waals surface area contributed by atoms with Crippen molar-refractivity contribution in [2.24, 2.45) is 0 Å². The van der Waals surface area contributed by atoms with Crippen LogP contribution in [0.5, 0.6) is 5.75 Å². The second-order valence-electron chi connectivity index (χ2n) is 9.79. The Hall–Kier alpha value is -4.07. The topological polar surface area (TPSA) is 64.0 Å². The fourth-order valence-corrected chi connectivity index (χ4v) is 4.76. The summed E-state index contributed by atoms with van der Waals surface area (Å²) in [6.07, 6.45) is 2.63. The molecule has 0 unspecified atom stereocenters. The van der Waals surface area contributed by atoms with Gasteiger partial charge in [-0.2, -0.15) is 0 Å². The van der Waals surface area contributed by atoms with Crippen molar-refractivity contribution in [3.8, 4) is 5.75 Å². The molecule has 0 aliphatic rings. The van der Waals surface area contributed by atoms with E-state index in [4.69, 9.17) is 21.1 Å². The van der Waals surface area contributed by atoms with Gasteiger partial charge in [-0.3, -0.25) is 9.59 Å². The molecule has 1 aromatic heterocycles. The number of aromatic nitrogens is 1. The van der Waals surface area contributed by atoms with Crippen LogP contribution in [0, 0.1) is 0 Å². The van der Waals surface area contributed by atoms with Crippen molar-refractivity contribution < 1.29 is 19.1 Å². The summed E-state index contributed by atoms with van der Waals surface area (Å²) in [4.78, 5) is 30.8. The van der Waals surface area contributed by atoms with Crippen LogP contribution in [0.25, 0.3) is 0 Å². The predicted octanol–water partition coefficient (Wildman–Crippen LogP) is 5.91. The Kier molecular flexibility index (Phi) is 11.0. The van der Waals surface area contributed by atoms with Crippen molar-refractivity contribution >= 4 is 23.4 Å². The van der Waals surface area contributed by atoms with Gasteiger partial charge in [0.15, 0.2) is 0 Å². The number of carbonyl (C=O) groups excluding carboxylic acids is 2. The first-order valence-corrected chi connectivity index (χ1v) is 14.0. The Bertz CT molecular complexity index is 1410. The second-order valence-corrected chi connectivity index (χ2v) is 10.2. The van der Waals surface area contributed by atoms with Gasteiger partial charge < -0.3 is 23.8 Å². The van der Waals surface area contributed by atoms with Crippen molar-refractivity contribution in [1.29, 1.82) is 0 Å². The van der Waals surface area contributed by atoms with Crippen LogP contribution in [-0.4, -0.2) is 60.1 Å². The first-order valence-electron chi connectivity index (χ1n) is 13.6. The zero-order valence-corrected chi connectivity index (χ0v) is 24.3. The van der Waals surface area contributed by atoms with Crippen molar-refractivity contribution in [3.63, 3.8) is 0 Å². The van der Waals surface area contributed by atoms with Crippen LogP contribution in [0.1, 0.15) is 33.6 Å². The van der Waals surface area contributed by atoms with Crippen LogP contribution in [0.3, 0.4) is 0 Å². The Labute approximate surface area is 246 Å². The van der Waals surface area contributed by atoms with Gasteiger partial charge in [-0.1, -0.05) is 54.1 Å². The molecule has 0 saturated carbocycles. The average molecular weight is 574 g/mol. The summed E-state index contributed by atoms with van der Waals surface area (Å²) in [5, 5.41) is 0.551. The molecule has 2 amide bonds. The maximum absolute atomic E-state index is 13.9. The summed E-state index contributed by atoms with van der Waals surface area (Å²) < 4.78 is 12.7. The van der Waals surface area contributed by atoms with E-state index >= 15 is 0 Å². The molecule has 4 aromatic rings. The Morgan fingerprint density at radius 2 is 1.59 bits per heavy atom. The minimum atomic E-state index is -0.216. The number of benzene rings is 3. The monoisotopic (exact) mass is 573 g/mol. The third-order valence-corrected chi connectivity index (χ3v) is 7.07. The molecule has 0 N–H and O–H groups in total. The number of hydrogen-bond donors (Lipinski definition) is 0. The number of hydrogen-bond acceptors (Lipinski definition) is 4. The van der Waals surface area contributed by atoms with Crippen LogP contribution in [0.2, 0.25) is 5.02 Å². The van der Waals surface area contributed by atoms with E-state index in [0.29, 0.717) is 49.8 Å². The molecular formula is C33H36ClN3O4. The molecule has 8 heteroatoms. The summed E-state index contributed by atoms with van der Waals surface area (Å²) in [6.45, 7) is 2.30. The maximum atomic E-state index is 13.9. The predicted molar refractivity (Wildman–Crippen MR) is 161 cm³/mol. The van der Waals surface area contributed by atoms with Gasteiger partial charge in [0.25, 0.3) is 5.91 Å². The molecule has 7 nitrogen and oxygen atoms in total. The molecule has 0 bridgehead atoms. The average Bonchev–Trinajstić information content (AvgIpc) is 3.43. The van der Waals surface area contributed by atoms with Gasteiger partial charge in [-0.05, 0) is 66.1 Å². The lowest BCUT2D eigenvalue weighted by molar-refractivity contribution is -0.133. The minimum Gasteiger partial charge on any atom is -0.497 e. The molecule has 0 fully saturated rings. The largest absolute Gasteiger partial charge is 0.497 e. The first-order chi connectivity index (χ1) is 20.0. The van der Waals surface area contributed by atoms with Crippen LogP contribution in [0.4, 0.5) is 0 Å². The molecule has 0 spiro atoms. The summed E-state index contributed by atoms with van der Waals surface area (Å²) >= 11 is 6.04. The molecule has 0 atom stereocenters. The summed E-state index contributed by atoms with van der Waals surface area (Å²) in [6, 6.07) is 28.6. The van der Waals surface area contributed by atoms with Gasteiger partial charge in [0.2, 0.25) is 5.91 Å². The molecule has 3 aromatic carbocycles. The molecule has 0 aliphatic carbocycles. The van der Waals surface area contributed by atoms with E-state index in [1.807, 2.05) is 71.8 Å². The Balaban J connectivity index is 1.56. The van der Waals surface area contributed by atoms with Crippen LogP contribution in [-0.2, 0) is 29.2 Å². The van der Waals surface area contributed by atoms with E-state index in [0.717, 1.165) is 22.6 Å². The van der Waals surface area contributed by atoms with Gasteiger partial charge in [0.1, 0.15) is 12.3 Å². The van der Waals surface area contributed by atoms with E-state index in [9.17, 15) is 9.59 Å². The summed E-state index contributed by atoms with van der Waals surface area (Å²) in [7, 11) is 3.28. The quantitative estimate of drug-likeness (QED) is 0.176. The number of nitrogens with zero attached hydrogens (tertiary/aromatic N) is 3. The number of rotatable bonds is 14. The smallest absolute Gasteiger partial charge is 0.254 e. The molecule has 214 valence electrons. The number of methoxy groups -OCH3 is 2. The second kappa shape index (κ2) is 15.1. The fraction of sp³-hybridized carbons (Fsp3) is 0.273. The fourth-order valence-electron chi connectivity index (χ4n) is 4.64. The number of halogens is 1. The Morgan fingerprint density at radius 3 is 2.32 bits per heavy atom. The van der Waals surface area contributed by atoms with Gasteiger partial charge >= 0.3 is 0 Å². The lowest BCUT2D eigenvalue weighted by atomic mass is 10.1. The van der Waals surface area contributed by atoms with E-state index in [-0.39, 0.29) is 18.4 Å². The lowest BCUT2D eigenvalue weighted by Gasteiger charge is -2.28. The van der Waals surface area contributed by atoms with Crippen molar-refractivity contribution in [3.05, 3.63) is 125 Å². The van der Waals surface area contributed by atoms with E-state index < -0.39 is 0 Å². The number of amides is 2. The Morgan fingerprint density at radius 1 is 0.829 bits per heavy atom.